The fourth-order valence-corrected chi connectivity index (χ4v) is 2.14. The third kappa shape index (κ3) is 2.83. The SMILES string of the molecule is c1ccc(C(Nc2ccncc2)c2ccccn2)cc1. The number of hydrogen-bond donors (Lipinski definition) is 1. The average Bonchev–Trinajstić information content (AvgIpc) is 2.55. The molecule has 0 aliphatic rings. The normalized spacial score (nSPS) is 11.8. The lowest BCUT2D eigenvalue weighted by atomic mass is 10.0. The molecule has 1 N–H and O–H groups in total. The first-order chi connectivity index (χ1) is 9.93. The maximum atomic E-state index is 4.47. The van der Waals surface area contributed by atoms with E-state index in [-0.39, 0.29) is 6.04 Å². The summed E-state index contributed by atoms with van der Waals surface area (Å²) < 4.78 is 0. The van der Waals surface area contributed by atoms with Gasteiger partial charge in [0, 0.05) is 24.3 Å². The van der Waals surface area contributed by atoms with Gasteiger partial charge in [0.2, 0.25) is 0 Å². The van der Waals surface area contributed by atoms with Gasteiger partial charge in [-0.25, -0.2) is 0 Å². The van der Waals surface area contributed by atoms with E-state index in [1.165, 1.54) is 5.56 Å². The van der Waals surface area contributed by atoms with Gasteiger partial charge in [0.15, 0.2) is 0 Å². The van der Waals surface area contributed by atoms with E-state index in [9.17, 15) is 0 Å². The van der Waals surface area contributed by atoms with Crippen molar-refractivity contribution in [1.82, 2.24) is 9.97 Å². The molecule has 0 saturated heterocycles. The highest BCUT2D eigenvalue weighted by Gasteiger charge is 2.14. The van der Waals surface area contributed by atoms with Crippen LogP contribution in [0.1, 0.15) is 17.3 Å². The van der Waals surface area contributed by atoms with Crippen LogP contribution in [0.5, 0.6) is 0 Å². The molecule has 0 bridgehead atoms. The van der Waals surface area contributed by atoms with Gasteiger partial charge in [0.25, 0.3) is 0 Å². The molecule has 0 saturated carbocycles. The maximum absolute atomic E-state index is 4.47. The van der Waals surface area contributed by atoms with Crippen LogP contribution in [-0.4, -0.2) is 9.97 Å². The highest BCUT2D eigenvalue weighted by atomic mass is 14.9. The van der Waals surface area contributed by atoms with Crippen molar-refractivity contribution < 1.29 is 0 Å². The predicted molar refractivity (Wildman–Crippen MR) is 80.4 cm³/mol. The first kappa shape index (κ1) is 12.4. The molecule has 0 aliphatic heterocycles. The first-order valence-corrected chi connectivity index (χ1v) is 6.56. The number of nitrogens with one attached hydrogen (secondary N) is 1. The number of benzene rings is 1. The molecule has 2 heterocycles. The zero-order chi connectivity index (χ0) is 13.6. The fraction of sp³-hybridized carbons (Fsp3) is 0.0588. The van der Waals surface area contributed by atoms with E-state index in [1.54, 1.807) is 12.4 Å². The van der Waals surface area contributed by atoms with Crippen molar-refractivity contribution >= 4 is 5.69 Å². The Kier molecular flexibility index (Phi) is 3.69. The van der Waals surface area contributed by atoms with Crippen LogP contribution in [0.15, 0.2) is 79.3 Å². The molecule has 3 heteroatoms. The van der Waals surface area contributed by atoms with Gasteiger partial charge >= 0.3 is 0 Å². The summed E-state index contributed by atoms with van der Waals surface area (Å²) in [4.78, 5) is 8.52. The zero-order valence-corrected chi connectivity index (χ0v) is 11.0. The number of hydrogen-bond acceptors (Lipinski definition) is 3. The van der Waals surface area contributed by atoms with Gasteiger partial charge in [-0.15, -0.1) is 0 Å². The Balaban J connectivity index is 1.96. The molecule has 0 spiro atoms. The second kappa shape index (κ2) is 5.97. The molecule has 0 radical (unpaired) electrons. The first-order valence-electron chi connectivity index (χ1n) is 6.56. The molecule has 1 aromatic carbocycles. The van der Waals surface area contributed by atoms with Crippen LogP contribution < -0.4 is 5.32 Å². The number of nitrogens with zero attached hydrogens (tertiary/aromatic N) is 2. The molecule has 20 heavy (non-hydrogen) atoms. The van der Waals surface area contributed by atoms with Crippen LogP contribution in [0.4, 0.5) is 5.69 Å². The standard InChI is InChI=1S/C17H15N3/c1-2-6-14(7-3-1)17(16-8-4-5-11-19-16)20-15-9-12-18-13-10-15/h1-13,17H,(H,18,20). The molecule has 1 unspecified atom stereocenters. The Morgan fingerprint density at radius 3 is 2.20 bits per heavy atom. The van der Waals surface area contributed by atoms with Gasteiger partial charge < -0.3 is 5.32 Å². The second-order valence-electron chi connectivity index (χ2n) is 4.48. The fourth-order valence-electron chi connectivity index (χ4n) is 2.14. The van der Waals surface area contributed by atoms with E-state index >= 15 is 0 Å². The van der Waals surface area contributed by atoms with Gasteiger partial charge in [0.05, 0.1) is 11.7 Å². The topological polar surface area (TPSA) is 37.8 Å². The lowest BCUT2D eigenvalue weighted by molar-refractivity contribution is 0.886. The van der Waals surface area contributed by atoms with Gasteiger partial charge in [-0.2, -0.15) is 0 Å². The lowest BCUT2D eigenvalue weighted by Crippen LogP contribution is -2.13. The van der Waals surface area contributed by atoms with E-state index < -0.39 is 0 Å². The van der Waals surface area contributed by atoms with Crippen LogP contribution in [-0.2, 0) is 0 Å². The summed E-state index contributed by atoms with van der Waals surface area (Å²) in [6, 6.07) is 20.2. The summed E-state index contributed by atoms with van der Waals surface area (Å²) in [5.41, 5.74) is 3.21. The molecule has 0 amide bonds. The Bertz CT molecular complexity index is 599. The Morgan fingerprint density at radius 2 is 1.50 bits per heavy atom. The number of aromatic nitrogens is 2. The van der Waals surface area contributed by atoms with Crippen molar-refractivity contribution in [3.05, 3.63) is 90.5 Å². The molecule has 2 aromatic heterocycles. The highest BCUT2D eigenvalue weighted by molar-refractivity contribution is 5.46. The van der Waals surface area contributed by atoms with Crippen molar-refractivity contribution in [3.63, 3.8) is 0 Å². The van der Waals surface area contributed by atoms with Crippen LogP contribution in [0.3, 0.4) is 0 Å². The zero-order valence-electron chi connectivity index (χ0n) is 11.0. The molecule has 1 atom stereocenters. The van der Waals surface area contributed by atoms with Crippen molar-refractivity contribution in [1.29, 1.82) is 0 Å². The van der Waals surface area contributed by atoms with E-state index in [2.05, 4.69) is 27.4 Å². The lowest BCUT2D eigenvalue weighted by Gasteiger charge is -2.19. The Hall–Kier alpha value is -2.68. The third-order valence-electron chi connectivity index (χ3n) is 3.11. The van der Waals surface area contributed by atoms with Crippen molar-refractivity contribution in [2.24, 2.45) is 0 Å². The monoisotopic (exact) mass is 261 g/mol. The smallest absolute Gasteiger partial charge is 0.0940 e. The van der Waals surface area contributed by atoms with E-state index in [0.29, 0.717) is 0 Å². The molecule has 3 aromatic rings. The molecule has 3 nitrogen and oxygen atoms in total. The van der Waals surface area contributed by atoms with Crippen molar-refractivity contribution in [2.45, 2.75) is 6.04 Å². The molecule has 0 fully saturated rings. The van der Waals surface area contributed by atoms with Gasteiger partial charge in [-0.3, -0.25) is 9.97 Å². The van der Waals surface area contributed by atoms with Crippen LogP contribution in [0.2, 0.25) is 0 Å². The van der Waals surface area contributed by atoms with Crippen LogP contribution in [0, 0.1) is 0 Å². The summed E-state index contributed by atoms with van der Waals surface area (Å²) >= 11 is 0. The van der Waals surface area contributed by atoms with Gasteiger partial charge in [-0.1, -0.05) is 36.4 Å². The molecule has 0 aliphatic carbocycles. The summed E-state index contributed by atoms with van der Waals surface area (Å²) in [5.74, 6) is 0. The van der Waals surface area contributed by atoms with Crippen molar-refractivity contribution in [2.75, 3.05) is 5.32 Å². The predicted octanol–water partition coefficient (Wildman–Crippen LogP) is 3.68. The summed E-state index contributed by atoms with van der Waals surface area (Å²) in [6.45, 7) is 0. The van der Waals surface area contributed by atoms with E-state index in [0.717, 1.165) is 11.4 Å². The Morgan fingerprint density at radius 1 is 0.750 bits per heavy atom. The molecular weight excluding hydrogens is 246 g/mol. The minimum absolute atomic E-state index is 0.0276. The number of pyridine rings is 2. The Labute approximate surface area is 118 Å². The minimum Gasteiger partial charge on any atom is -0.373 e. The van der Waals surface area contributed by atoms with Gasteiger partial charge in [0.1, 0.15) is 0 Å². The second-order valence-corrected chi connectivity index (χ2v) is 4.48. The molecule has 3 rings (SSSR count). The highest BCUT2D eigenvalue weighted by Crippen LogP contribution is 2.24. The number of anilines is 1. The summed E-state index contributed by atoms with van der Waals surface area (Å²) in [7, 11) is 0. The molecular formula is C17H15N3. The van der Waals surface area contributed by atoms with Crippen LogP contribution in [0.25, 0.3) is 0 Å². The minimum atomic E-state index is 0.0276. The molecule has 98 valence electrons. The average molecular weight is 261 g/mol. The quantitative estimate of drug-likeness (QED) is 0.778. The number of rotatable bonds is 4. The van der Waals surface area contributed by atoms with Crippen LogP contribution >= 0.6 is 0 Å². The third-order valence-corrected chi connectivity index (χ3v) is 3.11. The largest absolute Gasteiger partial charge is 0.373 e. The van der Waals surface area contributed by atoms with Gasteiger partial charge in [-0.05, 0) is 29.8 Å². The summed E-state index contributed by atoms with van der Waals surface area (Å²) in [6.07, 6.45) is 5.38. The maximum Gasteiger partial charge on any atom is 0.0940 e. The van der Waals surface area contributed by atoms with E-state index in [4.69, 9.17) is 0 Å². The van der Waals surface area contributed by atoms with E-state index in [1.807, 2.05) is 54.7 Å². The van der Waals surface area contributed by atoms with Crippen molar-refractivity contribution in [3.8, 4) is 0 Å². The summed E-state index contributed by atoms with van der Waals surface area (Å²) in [5, 5.41) is 3.51.